The van der Waals surface area contributed by atoms with Gasteiger partial charge in [0.2, 0.25) is 6.08 Å². The fraction of sp³-hybridized carbons (Fsp3) is 0.333. The first-order valence-electron chi connectivity index (χ1n) is 2.53. The molecule has 0 aliphatic heterocycles. The van der Waals surface area contributed by atoms with Crippen LogP contribution in [-0.4, -0.2) is 6.08 Å². The lowest BCUT2D eigenvalue weighted by molar-refractivity contribution is 0.565. The minimum Gasteiger partial charge on any atom is -0.211 e. The van der Waals surface area contributed by atoms with Crippen molar-refractivity contribution >= 4 is 6.08 Å². The van der Waals surface area contributed by atoms with Crippen LogP contribution in [0.5, 0.6) is 0 Å². The molecule has 0 atom stereocenters. The Morgan fingerprint density at radius 1 is 1.89 bits per heavy atom. The summed E-state index contributed by atoms with van der Waals surface area (Å²) in [6.07, 6.45) is 3.55. The maximum absolute atomic E-state index is 9.57. The Bertz CT molecular complexity index is 194. The van der Waals surface area contributed by atoms with Gasteiger partial charge in [0.25, 0.3) is 0 Å². The van der Waals surface area contributed by atoms with Gasteiger partial charge in [-0.25, -0.2) is 4.79 Å². The summed E-state index contributed by atoms with van der Waals surface area (Å²) in [4.78, 5) is 12.7. The van der Waals surface area contributed by atoms with Crippen molar-refractivity contribution in [1.29, 1.82) is 5.26 Å². The Morgan fingerprint density at radius 2 is 2.56 bits per heavy atom. The van der Waals surface area contributed by atoms with E-state index in [2.05, 4.69) is 4.99 Å². The first-order valence-corrected chi connectivity index (χ1v) is 2.53. The third-order valence-corrected chi connectivity index (χ3v) is 0.678. The largest absolute Gasteiger partial charge is 0.241 e. The Hall–Kier alpha value is -1.39. The van der Waals surface area contributed by atoms with Gasteiger partial charge in [0, 0.05) is 0 Å². The SMILES string of the molecule is CC/C=C(\C#N)N=C=O. The van der Waals surface area contributed by atoms with Crippen molar-refractivity contribution in [3.05, 3.63) is 11.8 Å². The number of hydrogen-bond acceptors (Lipinski definition) is 3. The van der Waals surface area contributed by atoms with Crippen LogP contribution in [-0.2, 0) is 4.79 Å². The molecule has 0 aromatic rings. The van der Waals surface area contributed by atoms with Crippen molar-refractivity contribution in [2.75, 3.05) is 0 Å². The zero-order valence-electron chi connectivity index (χ0n) is 5.09. The van der Waals surface area contributed by atoms with E-state index in [1.807, 2.05) is 6.92 Å². The summed E-state index contributed by atoms with van der Waals surface area (Å²) in [6, 6.07) is 1.74. The van der Waals surface area contributed by atoms with Gasteiger partial charge in [-0.3, -0.25) is 0 Å². The highest BCUT2D eigenvalue weighted by Gasteiger charge is 1.84. The smallest absolute Gasteiger partial charge is 0.211 e. The van der Waals surface area contributed by atoms with Gasteiger partial charge in [-0.1, -0.05) is 6.92 Å². The van der Waals surface area contributed by atoms with Crippen molar-refractivity contribution in [2.24, 2.45) is 4.99 Å². The molecule has 3 nitrogen and oxygen atoms in total. The number of aliphatic imine (C=N–C) groups is 1. The second-order valence-electron chi connectivity index (χ2n) is 1.31. The predicted molar refractivity (Wildman–Crippen MR) is 32.1 cm³/mol. The number of hydrogen-bond donors (Lipinski definition) is 0. The lowest BCUT2D eigenvalue weighted by Crippen LogP contribution is -1.69. The standard InChI is InChI=1S/C6H6N2O/c1-2-3-6(4-7)8-5-9/h3H,2H2,1H3/b6-3+. The number of allylic oxidation sites excluding steroid dienone is 2. The van der Waals surface area contributed by atoms with Crippen LogP contribution in [0.1, 0.15) is 13.3 Å². The molecular weight excluding hydrogens is 116 g/mol. The third-order valence-electron chi connectivity index (χ3n) is 0.678. The van der Waals surface area contributed by atoms with Gasteiger partial charge in [-0.2, -0.15) is 10.3 Å². The summed E-state index contributed by atoms with van der Waals surface area (Å²) >= 11 is 0. The van der Waals surface area contributed by atoms with E-state index >= 15 is 0 Å². The van der Waals surface area contributed by atoms with E-state index in [1.54, 1.807) is 12.1 Å². The zero-order valence-corrected chi connectivity index (χ0v) is 5.09. The maximum Gasteiger partial charge on any atom is 0.241 e. The molecule has 0 heterocycles. The van der Waals surface area contributed by atoms with Crippen molar-refractivity contribution < 1.29 is 4.79 Å². The van der Waals surface area contributed by atoms with Crippen LogP contribution in [0, 0.1) is 11.3 Å². The monoisotopic (exact) mass is 122 g/mol. The van der Waals surface area contributed by atoms with E-state index in [-0.39, 0.29) is 5.70 Å². The minimum absolute atomic E-state index is 0.132. The number of nitriles is 1. The van der Waals surface area contributed by atoms with Crippen LogP contribution in [0.4, 0.5) is 0 Å². The summed E-state index contributed by atoms with van der Waals surface area (Å²) < 4.78 is 0. The summed E-state index contributed by atoms with van der Waals surface area (Å²) in [5.74, 6) is 0. The van der Waals surface area contributed by atoms with Gasteiger partial charge in [0.05, 0.1) is 0 Å². The van der Waals surface area contributed by atoms with Crippen molar-refractivity contribution in [3.8, 4) is 6.07 Å². The molecule has 0 rings (SSSR count). The van der Waals surface area contributed by atoms with Crippen molar-refractivity contribution in [1.82, 2.24) is 0 Å². The van der Waals surface area contributed by atoms with E-state index in [0.717, 1.165) is 0 Å². The van der Waals surface area contributed by atoms with Crippen LogP contribution < -0.4 is 0 Å². The quantitative estimate of drug-likeness (QED) is 0.313. The highest BCUT2D eigenvalue weighted by atomic mass is 16.1. The van der Waals surface area contributed by atoms with Crippen molar-refractivity contribution in [2.45, 2.75) is 13.3 Å². The number of rotatable bonds is 2. The molecule has 0 aromatic heterocycles. The molecule has 0 spiro atoms. The van der Waals surface area contributed by atoms with Gasteiger partial charge >= 0.3 is 0 Å². The van der Waals surface area contributed by atoms with Crippen LogP contribution in [0.25, 0.3) is 0 Å². The second-order valence-corrected chi connectivity index (χ2v) is 1.31. The molecule has 0 bridgehead atoms. The molecule has 0 saturated heterocycles. The molecule has 0 amide bonds. The predicted octanol–water partition coefficient (Wildman–Crippen LogP) is 1.14. The lowest BCUT2D eigenvalue weighted by Gasteiger charge is -1.78. The van der Waals surface area contributed by atoms with Crippen LogP contribution in [0.2, 0.25) is 0 Å². The average Bonchev–Trinajstić information content (AvgIpc) is 1.88. The molecule has 46 valence electrons. The Morgan fingerprint density at radius 3 is 2.89 bits per heavy atom. The molecule has 0 aromatic carbocycles. The van der Waals surface area contributed by atoms with Crippen molar-refractivity contribution in [3.63, 3.8) is 0 Å². The highest BCUT2D eigenvalue weighted by molar-refractivity contribution is 5.40. The lowest BCUT2D eigenvalue weighted by atomic mass is 10.4. The van der Waals surface area contributed by atoms with E-state index in [9.17, 15) is 4.79 Å². The first-order chi connectivity index (χ1) is 4.35. The fourth-order valence-corrected chi connectivity index (χ4v) is 0.359. The van der Waals surface area contributed by atoms with Crippen LogP contribution in [0.15, 0.2) is 16.8 Å². The summed E-state index contributed by atoms with van der Waals surface area (Å²) in [5.41, 5.74) is 0.132. The van der Waals surface area contributed by atoms with Gasteiger partial charge < -0.3 is 0 Å². The van der Waals surface area contributed by atoms with Crippen LogP contribution >= 0.6 is 0 Å². The van der Waals surface area contributed by atoms with E-state index in [0.29, 0.717) is 6.42 Å². The zero-order chi connectivity index (χ0) is 7.11. The third kappa shape index (κ3) is 3.22. The van der Waals surface area contributed by atoms with Gasteiger partial charge in [-0.05, 0) is 12.5 Å². The minimum atomic E-state index is 0.132. The van der Waals surface area contributed by atoms with Crippen LogP contribution in [0.3, 0.4) is 0 Å². The molecule has 0 N–H and O–H groups in total. The highest BCUT2D eigenvalue weighted by Crippen LogP contribution is 1.93. The molecule has 0 aliphatic rings. The second kappa shape index (κ2) is 4.76. The molecule has 0 unspecified atom stereocenters. The topological polar surface area (TPSA) is 53.2 Å². The number of carbonyl (C=O) groups excluding carboxylic acids is 1. The first kappa shape index (κ1) is 7.61. The number of nitrogens with zero attached hydrogens (tertiary/aromatic N) is 2. The van der Waals surface area contributed by atoms with E-state index < -0.39 is 0 Å². The molecule has 0 radical (unpaired) electrons. The average molecular weight is 122 g/mol. The van der Waals surface area contributed by atoms with Gasteiger partial charge in [0.15, 0.2) is 0 Å². The summed E-state index contributed by atoms with van der Waals surface area (Å²) in [6.45, 7) is 1.86. The molecule has 0 saturated carbocycles. The van der Waals surface area contributed by atoms with Gasteiger partial charge in [-0.15, -0.1) is 0 Å². The molecule has 0 fully saturated rings. The van der Waals surface area contributed by atoms with Gasteiger partial charge in [0.1, 0.15) is 11.8 Å². The summed E-state index contributed by atoms with van der Waals surface area (Å²) in [7, 11) is 0. The molecule has 3 heteroatoms. The fourth-order valence-electron chi connectivity index (χ4n) is 0.359. The Balaban J connectivity index is 4.19. The maximum atomic E-state index is 9.57. The molecule has 9 heavy (non-hydrogen) atoms. The van der Waals surface area contributed by atoms with E-state index in [4.69, 9.17) is 5.26 Å². The Kier molecular flexibility index (Phi) is 4.03. The normalized spacial score (nSPS) is 9.56. The number of isocyanates is 1. The van der Waals surface area contributed by atoms with E-state index in [1.165, 1.54) is 6.08 Å². The molecular formula is C6H6N2O. The molecule has 0 aliphatic carbocycles. The Labute approximate surface area is 53.3 Å². The summed E-state index contributed by atoms with van der Waals surface area (Å²) in [5, 5.41) is 8.20.